The molecule has 1 rings (SSSR count). The number of carbonyl (C=O) groups is 1. The third kappa shape index (κ3) is 6.86. The summed E-state index contributed by atoms with van der Waals surface area (Å²) >= 11 is 0. The zero-order valence-corrected chi connectivity index (χ0v) is 18.1. The molecule has 0 aromatic heterocycles. The zero-order chi connectivity index (χ0) is 20.1. The van der Waals surface area contributed by atoms with E-state index in [2.05, 4.69) is 65.1 Å². The normalized spacial score (nSPS) is 12.5. The number of nitrogens with one attached hydrogen (secondary N) is 1. The minimum Gasteiger partial charge on any atom is -0.444 e. The van der Waals surface area contributed by atoms with E-state index in [1.807, 2.05) is 26.8 Å². The van der Waals surface area contributed by atoms with Gasteiger partial charge in [-0.3, -0.25) is 0 Å². The third-order valence-electron chi connectivity index (χ3n) is 4.22. The highest BCUT2D eigenvalue weighted by Gasteiger charge is 2.16. The second-order valence-corrected chi connectivity index (χ2v) is 8.86. The number of amides is 1. The SMILES string of the molecule is CC(C)c1cc(C(C)C)c(C=CCNC(=O)OC(C)(C)C)c(C(C)C)c1. The molecule has 1 aromatic rings. The Balaban J connectivity index is 3.05. The van der Waals surface area contributed by atoms with Crippen molar-refractivity contribution in [2.24, 2.45) is 0 Å². The van der Waals surface area contributed by atoms with Crippen LogP contribution >= 0.6 is 0 Å². The molecule has 0 aliphatic heterocycles. The maximum absolute atomic E-state index is 11.8. The first kappa shape index (κ1) is 22.3. The van der Waals surface area contributed by atoms with Gasteiger partial charge in [0.15, 0.2) is 0 Å². The molecule has 3 nitrogen and oxygen atoms in total. The summed E-state index contributed by atoms with van der Waals surface area (Å²) in [4.78, 5) is 11.8. The van der Waals surface area contributed by atoms with E-state index in [0.717, 1.165) is 0 Å². The van der Waals surface area contributed by atoms with Crippen molar-refractivity contribution in [1.82, 2.24) is 5.32 Å². The highest BCUT2D eigenvalue weighted by atomic mass is 16.6. The molecule has 0 atom stereocenters. The van der Waals surface area contributed by atoms with Crippen LogP contribution in [0, 0.1) is 0 Å². The predicted molar refractivity (Wildman–Crippen MR) is 112 cm³/mol. The maximum atomic E-state index is 11.8. The highest BCUT2D eigenvalue weighted by Crippen LogP contribution is 2.32. The van der Waals surface area contributed by atoms with Gasteiger partial charge in [0.2, 0.25) is 0 Å². The number of ether oxygens (including phenoxy) is 1. The van der Waals surface area contributed by atoms with Gasteiger partial charge >= 0.3 is 6.09 Å². The van der Waals surface area contributed by atoms with Crippen LogP contribution < -0.4 is 5.32 Å². The highest BCUT2D eigenvalue weighted by molar-refractivity contribution is 5.68. The summed E-state index contributed by atoms with van der Waals surface area (Å²) in [5.74, 6) is 1.41. The Morgan fingerprint density at radius 2 is 1.50 bits per heavy atom. The van der Waals surface area contributed by atoms with Crippen molar-refractivity contribution < 1.29 is 9.53 Å². The lowest BCUT2D eigenvalue weighted by Gasteiger charge is -2.21. The standard InChI is InChI=1S/C23H37NO2/c1-15(2)18-13-20(16(3)4)19(21(14-18)17(5)6)11-10-12-24-22(25)26-23(7,8)9/h10-11,13-17H,12H2,1-9H3,(H,24,25). The molecule has 1 aromatic carbocycles. The number of rotatable bonds is 6. The van der Waals surface area contributed by atoms with Gasteiger partial charge in [-0.2, -0.15) is 0 Å². The molecule has 0 unspecified atom stereocenters. The fraction of sp³-hybridized carbons (Fsp3) is 0.609. The number of alkyl carbamates (subject to hydrolysis) is 1. The average molecular weight is 360 g/mol. The molecule has 0 bridgehead atoms. The summed E-state index contributed by atoms with van der Waals surface area (Å²) in [6.45, 7) is 19.5. The summed E-state index contributed by atoms with van der Waals surface area (Å²) in [5.41, 5.74) is 4.93. The van der Waals surface area contributed by atoms with Crippen molar-refractivity contribution in [1.29, 1.82) is 0 Å². The van der Waals surface area contributed by atoms with E-state index in [1.54, 1.807) is 0 Å². The molecular formula is C23H37NO2. The van der Waals surface area contributed by atoms with Crippen molar-refractivity contribution in [2.75, 3.05) is 6.54 Å². The van der Waals surface area contributed by atoms with Crippen LogP contribution in [-0.4, -0.2) is 18.2 Å². The topological polar surface area (TPSA) is 38.3 Å². The van der Waals surface area contributed by atoms with Gasteiger partial charge in [-0.25, -0.2) is 4.79 Å². The summed E-state index contributed by atoms with van der Waals surface area (Å²) in [6, 6.07) is 4.67. The van der Waals surface area contributed by atoms with Gasteiger partial charge in [0.05, 0.1) is 0 Å². The van der Waals surface area contributed by atoms with E-state index in [1.165, 1.54) is 22.3 Å². The lowest BCUT2D eigenvalue weighted by molar-refractivity contribution is 0.0534. The largest absolute Gasteiger partial charge is 0.444 e. The van der Waals surface area contributed by atoms with E-state index >= 15 is 0 Å². The Labute approximate surface area is 160 Å². The van der Waals surface area contributed by atoms with E-state index in [4.69, 9.17) is 4.74 Å². The zero-order valence-electron chi connectivity index (χ0n) is 18.1. The molecule has 0 radical (unpaired) electrons. The van der Waals surface area contributed by atoms with Crippen molar-refractivity contribution >= 4 is 12.2 Å². The van der Waals surface area contributed by atoms with Crippen molar-refractivity contribution in [3.63, 3.8) is 0 Å². The van der Waals surface area contributed by atoms with Crippen molar-refractivity contribution in [3.8, 4) is 0 Å². The van der Waals surface area contributed by atoms with Crippen LogP contribution in [0.4, 0.5) is 4.79 Å². The van der Waals surface area contributed by atoms with Gasteiger partial charge in [0, 0.05) is 6.54 Å². The monoisotopic (exact) mass is 359 g/mol. The number of benzene rings is 1. The van der Waals surface area contributed by atoms with Gasteiger partial charge in [0.1, 0.15) is 5.60 Å². The molecule has 0 saturated heterocycles. The molecule has 0 spiro atoms. The van der Waals surface area contributed by atoms with Crippen LogP contribution in [0.15, 0.2) is 18.2 Å². The first-order valence-electron chi connectivity index (χ1n) is 9.73. The first-order valence-corrected chi connectivity index (χ1v) is 9.73. The Morgan fingerprint density at radius 1 is 1.00 bits per heavy atom. The van der Waals surface area contributed by atoms with E-state index in [9.17, 15) is 4.79 Å². The first-order chi connectivity index (χ1) is 11.9. The predicted octanol–water partition coefficient (Wildman–Crippen LogP) is 6.59. The summed E-state index contributed by atoms with van der Waals surface area (Å²) in [7, 11) is 0. The quantitative estimate of drug-likeness (QED) is 0.622. The van der Waals surface area contributed by atoms with Crippen LogP contribution in [0.2, 0.25) is 0 Å². The second kappa shape index (κ2) is 9.25. The summed E-state index contributed by atoms with van der Waals surface area (Å²) in [5, 5.41) is 2.79. The summed E-state index contributed by atoms with van der Waals surface area (Å²) in [6.07, 6.45) is 3.77. The van der Waals surface area contributed by atoms with Gasteiger partial charge < -0.3 is 10.1 Å². The Bertz CT molecular complexity index is 605. The second-order valence-electron chi connectivity index (χ2n) is 8.86. The molecule has 146 valence electrons. The minimum atomic E-state index is -0.476. The molecule has 0 saturated carbocycles. The van der Waals surface area contributed by atoms with Gasteiger partial charge in [-0.05, 0) is 60.8 Å². The van der Waals surface area contributed by atoms with Gasteiger partial charge in [-0.1, -0.05) is 65.8 Å². The van der Waals surface area contributed by atoms with Crippen LogP contribution in [0.3, 0.4) is 0 Å². The van der Waals surface area contributed by atoms with Crippen LogP contribution in [-0.2, 0) is 4.74 Å². The molecule has 1 N–H and O–H groups in total. The van der Waals surface area contributed by atoms with E-state index < -0.39 is 5.60 Å². The fourth-order valence-corrected chi connectivity index (χ4v) is 2.84. The van der Waals surface area contributed by atoms with Gasteiger partial charge in [-0.15, -0.1) is 0 Å². The average Bonchev–Trinajstić information content (AvgIpc) is 2.48. The Morgan fingerprint density at radius 3 is 1.88 bits per heavy atom. The van der Waals surface area contributed by atoms with Crippen LogP contribution in [0.25, 0.3) is 6.08 Å². The minimum absolute atomic E-state index is 0.384. The Hall–Kier alpha value is -1.77. The molecule has 0 aliphatic rings. The smallest absolute Gasteiger partial charge is 0.407 e. The van der Waals surface area contributed by atoms with E-state index in [-0.39, 0.29) is 6.09 Å². The molecule has 0 fully saturated rings. The molecule has 26 heavy (non-hydrogen) atoms. The number of carbonyl (C=O) groups excluding carboxylic acids is 1. The molecule has 1 amide bonds. The van der Waals surface area contributed by atoms with Crippen molar-refractivity contribution in [3.05, 3.63) is 40.5 Å². The Kier molecular flexibility index (Phi) is 7.92. The van der Waals surface area contributed by atoms with E-state index in [0.29, 0.717) is 24.3 Å². The fourth-order valence-electron chi connectivity index (χ4n) is 2.84. The summed E-state index contributed by atoms with van der Waals surface area (Å²) < 4.78 is 5.27. The molecule has 3 heteroatoms. The molecule has 0 heterocycles. The third-order valence-corrected chi connectivity index (χ3v) is 4.22. The lowest BCUT2D eigenvalue weighted by atomic mass is 9.84. The number of hydrogen-bond acceptors (Lipinski definition) is 2. The molecular weight excluding hydrogens is 322 g/mol. The van der Waals surface area contributed by atoms with Crippen LogP contribution in [0.5, 0.6) is 0 Å². The van der Waals surface area contributed by atoms with Gasteiger partial charge in [0.25, 0.3) is 0 Å². The van der Waals surface area contributed by atoms with Crippen LogP contribution in [0.1, 0.15) is 102 Å². The number of hydrogen-bond donors (Lipinski definition) is 1. The van der Waals surface area contributed by atoms with Crippen molar-refractivity contribution in [2.45, 2.75) is 85.7 Å². The molecule has 0 aliphatic carbocycles. The lowest BCUT2D eigenvalue weighted by Crippen LogP contribution is -2.32. The maximum Gasteiger partial charge on any atom is 0.407 e.